The number of rotatable bonds is 1. The van der Waals surface area contributed by atoms with E-state index >= 15 is 0 Å². The highest BCUT2D eigenvalue weighted by Crippen LogP contribution is 2.36. The summed E-state index contributed by atoms with van der Waals surface area (Å²) >= 11 is 6.32. The van der Waals surface area contributed by atoms with Gasteiger partial charge in [0, 0.05) is 34.3 Å². The Morgan fingerprint density at radius 3 is 2.75 bits per heavy atom. The fourth-order valence-corrected chi connectivity index (χ4v) is 3.08. The number of nitrogens with one attached hydrogen (secondary N) is 2. The zero-order valence-electron chi connectivity index (χ0n) is 10.5. The molecule has 1 aromatic heterocycles. The van der Waals surface area contributed by atoms with Gasteiger partial charge in [0.25, 0.3) is 5.91 Å². The van der Waals surface area contributed by atoms with Crippen molar-refractivity contribution in [1.29, 1.82) is 0 Å². The minimum Gasteiger partial charge on any atom is -0.360 e. The largest absolute Gasteiger partial charge is 0.360 e. The lowest BCUT2D eigenvalue weighted by Gasteiger charge is -2.04. The molecule has 98 valence electrons. The molecule has 1 amide bonds. The lowest BCUT2D eigenvalue weighted by Crippen LogP contribution is -2.12. The molecular formula is C16H11ClN2O. The average Bonchev–Trinajstić information content (AvgIpc) is 3.04. The van der Waals surface area contributed by atoms with E-state index in [0.29, 0.717) is 17.1 Å². The molecule has 0 radical (unpaired) electrons. The maximum absolute atomic E-state index is 12.0. The van der Waals surface area contributed by atoms with Crippen molar-refractivity contribution >= 4 is 28.4 Å². The molecule has 0 spiro atoms. The summed E-state index contributed by atoms with van der Waals surface area (Å²) in [5.74, 6) is -0.0611. The number of aromatic nitrogens is 1. The molecule has 20 heavy (non-hydrogen) atoms. The monoisotopic (exact) mass is 282 g/mol. The van der Waals surface area contributed by atoms with Crippen molar-refractivity contribution in [1.82, 2.24) is 10.3 Å². The maximum Gasteiger partial charge on any atom is 0.254 e. The van der Waals surface area contributed by atoms with Crippen molar-refractivity contribution in [3.63, 3.8) is 0 Å². The summed E-state index contributed by atoms with van der Waals surface area (Å²) in [6.07, 6.45) is 1.93. The van der Waals surface area contributed by atoms with Crippen LogP contribution in [-0.2, 0) is 6.54 Å². The second-order valence-electron chi connectivity index (χ2n) is 4.89. The fraction of sp³-hybridized carbons (Fsp3) is 0.0625. The molecule has 4 rings (SSSR count). The van der Waals surface area contributed by atoms with Gasteiger partial charge in [0.2, 0.25) is 0 Å². The number of hydrogen-bond acceptors (Lipinski definition) is 1. The first-order chi connectivity index (χ1) is 9.75. The van der Waals surface area contributed by atoms with Crippen LogP contribution in [0.15, 0.2) is 42.6 Å². The number of hydrogen-bond donors (Lipinski definition) is 2. The van der Waals surface area contributed by atoms with Crippen LogP contribution in [0.25, 0.3) is 22.0 Å². The highest BCUT2D eigenvalue weighted by Gasteiger charge is 2.26. The Labute approximate surface area is 120 Å². The summed E-state index contributed by atoms with van der Waals surface area (Å²) in [7, 11) is 0. The molecule has 3 aromatic rings. The van der Waals surface area contributed by atoms with Gasteiger partial charge in [-0.15, -0.1) is 0 Å². The number of halogens is 1. The number of amides is 1. The number of fused-ring (bicyclic) bond motifs is 3. The van der Waals surface area contributed by atoms with Crippen LogP contribution in [0.4, 0.5) is 0 Å². The van der Waals surface area contributed by atoms with Gasteiger partial charge in [0.05, 0.1) is 11.1 Å². The standard InChI is InChI=1S/C16H11ClN2O/c17-13-6-10-11(9-4-2-1-3-5-9)7-18-15(10)14-12(13)8-19-16(14)20/h1-7,18H,8H2,(H,19,20). The number of H-pyrrole nitrogens is 1. The molecule has 2 N–H and O–H groups in total. The van der Waals surface area contributed by atoms with E-state index in [-0.39, 0.29) is 5.91 Å². The van der Waals surface area contributed by atoms with E-state index in [2.05, 4.69) is 10.3 Å². The first-order valence-corrected chi connectivity index (χ1v) is 6.79. The number of benzene rings is 2. The zero-order chi connectivity index (χ0) is 13.7. The third-order valence-electron chi connectivity index (χ3n) is 3.77. The number of carbonyl (C=O) groups excluding carboxylic acids is 1. The van der Waals surface area contributed by atoms with Crippen LogP contribution in [0.3, 0.4) is 0 Å². The molecule has 4 heteroatoms. The molecule has 3 nitrogen and oxygen atoms in total. The topological polar surface area (TPSA) is 44.9 Å². The van der Waals surface area contributed by atoms with Gasteiger partial charge in [0.1, 0.15) is 0 Å². The molecule has 0 saturated carbocycles. The minimum atomic E-state index is -0.0611. The predicted octanol–water partition coefficient (Wildman–Crippen LogP) is 3.73. The van der Waals surface area contributed by atoms with E-state index in [1.807, 2.05) is 42.6 Å². The highest BCUT2D eigenvalue weighted by atomic mass is 35.5. The predicted molar refractivity (Wildman–Crippen MR) is 79.9 cm³/mol. The van der Waals surface area contributed by atoms with Crippen LogP contribution in [0.1, 0.15) is 15.9 Å². The van der Waals surface area contributed by atoms with Gasteiger partial charge >= 0.3 is 0 Å². The summed E-state index contributed by atoms with van der Waals surface area (Å²) in [5.41, 5.74) is 4.58. The molecular weight excluding hydrogens is 272 g/mol. The lowest BCUT2D eigenvalue weighted by molar-refractivity contribution is 0.0967. The van der Waals surface area contributed by atoms with Gasteiger partial charge in [-0.05, 0) is 11.6 Å². The summed E-state index contributed by atoms with van der Waals surface area (Å²) in [4.78, 5) is 15.2. The molecule has 0 unspecified atom stereocenters. The van der Waals surface area contributed by atoms with E-state index in [9.17, 15) is 4.79 Å². The van der Waals surface area contributed by atoms with Crippen molar-refractivity contribution < 1.29 is 4.79 Å². The van der Waals surface area contributed by atoms with E-state index in [1.165, 1.54) is 0 Å². The smallest absolute Gasteiger partial charge is 0.254 e. The summed E-state index contributed by atoms with van der Waals surface area (Å²) in [6, 6.07) is 12.0. The van der Waals surface area contributed by atoms with Crippen molar-refractivity contribution in [2.45, 2.75) is 6.54 Å². The second-order valence-corrected chi connectivity index (χ2v) is 5.29. The quantitative estimate of drug-likeness (QED) is 0.702. The molecule has 0 bridgehead atoms. The van der Waals surface area contributed by atoms with Crippen LogP contribution >= 0.6 is 11.6 Å². The summed E-state index contributed by atoms with van der Waals surface area (Å²) < 4.78 is 0. The molecule has 0 aliphatic carbocycles. The van der Waals surface area contributed by atoms with Crippen LogP contribution in [0.2, 0.25) is 5.02 Å². The Hall–Kier alpha value is -2.26. The van der Waals surface area contributed by atoms with Crippen LogP contribution in [0.5, 0.6) is 0 Å². The molecule has 2 heterocycles. The summed E-state index contributed by atoms with van der Waals surface area (Å²) in [6.45, 7) is 0.503. The third kappa shape index (κ3) is 1.50. The van der Waals surface area contributed by atoms with Crippen molar-refractivity contribution in [2.24, 2.45) is 0 Å². The van der Waals surface area contributed by atoms with Crippen LogP contribution in [-0.4, -0.2) is 10.9 Å². The molecule has 2 aromatic carbocycles. The molecule has 1 aliphatic heterocycles. The Kier molecular flexibility index (Phi) is 2.38. The molecule has 0 saturated heterocycles. The van der Waals surface area contributed by atoms with E-state index < -0.39 is 0 Å². The van der Waals surface area contributed by atoms with Crippen LogP contribution in [0, 0.1) is 0 Å². The maximum atomic E-state index is 12.0. The van der Waals surface area contributed by atoms with Crippen molar-refractivity contribution in [3.8, 4) is 11.1 Å². The van der Waals surface area contributed by atoms with E-state index in [0.717, 1.165) is 27.6 Å². The number of carbonyl (C=O) groups is 1. The molecule has 0 atom stereocenters. The summed E-state index contributed by atoms with van der Waals surface area (Å²) in [5, 5.41) is 4.45. The van der Waals surface area contributed by atoms with Crippen LogP contribution < -0.4 is 5.32 Å². The average molecular weight is 283 g/mol. The Bertz CT molecular complexity index is 837. The first kappa shape index (κ1) is 11.6. The molecule has 0 fully saturated rings. The molecule has 1 aliphatic rings. The lowest BCUT2D eigenvalue weighted by atomic mass is 10.0. The Morgan fingerprint density at radius 2 is 1.95 bits per heavy atom. The number of aromatic amines is 1. The first-order valence-electron chi connectivity index (χ1n) is 6.42. The van der Waals surface area contributed by atoms with Gasteiger partial charge in [-0.2, -0.15) is 0 Å². The van der Waals surface area contributed by atoms with Gasteiger partial charge in [-0.25, -0.2) is 0 Å². The fourth-order valence-electron chi connectivity index (χ4n) is 2.81. The third-order valence-corrected chi connectivity index (χ3v) is 4.11. The normalized spacial score (nSPS) is 13.6. The van der Waals surface area contributed by atoms with Crippen molar-refractivity contribution in [2.75, 3.05) is 0 Å². The van der Waals surface area contributed by atoms with Gasteiger partial charge in [0.15, 0.2) is 0 Å². The second kappa shape index (κ2) is 4.12. The van der Waals surface area contributed by atoms with Gasteiger partial charge in [-0.3, -0.25) is 4.79 Å². The Morgan fingerprint density at radius 1 is 1.15 bits per heavy atom. The van der Waals surface area contributed by atoms with Crippen molar-refractivity contribution in [3.05, 3.63) is 58.7 Å². The van der Waals surface area contributed by atoms with Gasteiger partial charge < -0.3 is 10.3 Å². The SMILES string of the molecule is O=C1NCc2c(Cl)cc3c(-c4ccccc4)c[nH]c3c21. The van der Waals surface area contributed by atoms with Gasteiger partial charge in [-0.1, -0.05) is 41.9 Å². The highest BCUT2D eigenvalue weighted by molar-refractivity contribution is 6.34. The Balaban J connectivity index is 2.06. The van der Waals surface area contributed by atoms with E-state index in [4.69, 9.17) is 11.6 Å². The zero-order valence-corrected chi connectivity index (χ0v) is 11.3. The van der Waals surface area contributed by atoms with E-state index in [1.54, 1.807) is 0 Å². The minimum absolute atomic E-state index is 0.0611.